The summed E-state index contributed by atoms with van der Waals surface area (Å²) in [6.45, 7) is 4.18. The number of carboxylic acid groups (broad SMARTS) is 1. The summed E-state index contributed by atoms with van der Waals surface area (Å²) in [6, 6.07) is 9.19. The van der Waals surface area contributed by atoms with Crippen molar-refractivity contribution in [3.8, 4) is 6.07 Å². The van der Waals surface area contributed by atoms with Crippen molar-refractivity contribution < 1.29 is 9.90 Å². The normalized spacial score (nSPS) is 10.4. The van der Waals surface area contributed by atoms with Crippen molar-refractivity contribution in [2.75, 3.05) is 12.4 Å². The van der Waals surface area contributed by atoms with E-state index in [1.54, 1.807) is 10.8 Å². The molecular weight excluding hydrogens is 318 g/mol. The molecule has 2 aromatic heterocycles. The first-order chi connectivity index (χ1) is 12.1. The molecule has 0 aliphatic carbocycles. The number of benzene rings is 1. The number of hydrogen-bond donors (Lipinski definition) is 2. The number of aromatic nitrogens is 3. The van der Waals surface area contributed by atoms with E-state index < -0.39 is 5.97 Å². The van der Waals surface area contributed by atoms with Crippen molar-refractivity contribution in [1.29, 1.82) is 5.26 Å². The van der Waals surface area contributed by atoms with E-state index in [2.05, 4.69) is 22.0 Å². The predicted molar refractivity (Wildman–Crippen MR) is 94.4 cm³/mol. The quantitative estimate of drug-likeness (QED) is 0.744. The highest BCUT2D eigenvalue weighted by atomic mass is 16.4. The average molecular weight is 333 g/mol. The number of rotatable bonds is 5. The van der Waals surface area contributed by atoms with Gasteiger partial charge in [0.1, 0.15) is 11.8 Å². The Kier molecular flexibility index (Phi) is 4.18. The summed E-state index contributed by atoms with van der Waals surface area (Å²) in [4.78, 5) is 15.5. The Hall–Kier alpha value is -3.66. The van der Waals surface area contributed by atoms with Gasteiger partial charge in [-0.2, -0.15) is 10.4 Å². The lowest BCUT2D eigenvalue weighted by Gasteiger charge is -2.09. The van der Waals surface area contributed by atoms with E-state index >= 15 is 0 Å². The van der Waals surface area contributed by atoms with Gasteiger partial charge >= 0.3 is 5.97 Å². The Balaban J connectivity index is 2.09. The molecule has 0 spiro atoms. The van der Waals surface area contributed by atoms with Gasteiger partial charge in [-0.25, -0.2) is 9.78 Å². The second-order valence-electron chi connectivity index (χ2n) is 5.39. The Bertz CT molecular complexity index is 1030. The third-order valence-corrected chi connectivity index (χ3v) is 3.89. The van der Waals surface area contributed by atoms with Crippen molar-refractivity contribution in [3.63, 3.8) is 0 Å². The van der Waals surface area contributed by atoms with Crippen LogP contribution in [0.5, 0.6) is 0 Å². The first-order valence-corrected chi connectivity index (χ1v) is 7.50. The molecule has 2 heterocycles. The fraction of sp³-hybridized carbons (Fsp3) is 0.111. The zero-order chi connectivity index (χ0) is 18.0. The van der Waals surface area contributed by atoms with Crippen LogP contribution in [0.3, 0.4) is 0 Å². The molecule has 0 amide bonds. The van der Waals surface area contributed by atoms with Gasteiger partial charge in [0.2, 0.25) is 0 Å². The third-order valence-electron chi connectivity index (χ3n) is 3.89. The number of carboxylic acids is 1. The molecule has 0 radical (unpaired) electrons. The third kappa shape index (κ3) is 2.93. The molecule has 0 unspecified atom stereocenters. The van der Waals surface area contributed by atoms with E-state index in [9.17, 15) is 9.90 Å². The SMILES string of the molecule is C=Cc1cc(Cn2nc(C(=O)O)c3cc(C#N)ncc32)ccc1NC. The number of carbonyl (C=O) groups is 1. The van der Waals surface area contributed by atoms with Crippen LogP contribution in [-0.4, -0.2) is 32.9 Å². The lowest BCUT2D eigenvalue weighted by atomic mass is 10.1. The molecular formula is C18H15N5O2. The Labute approximate surface area is 143 Å². The summed E-state index contributed by atoms with van der Waals surface area (Å²) in [6.07, 6.45) is 3.23. The highest BCUT2D eigenvalue weighted by Gasteiger charge is 2.17. The van der Waals surface area contributed by atoms with Gasteiger partial charge in [0.15, 0.2) is 5.69 Å². The van der Waals surface area contributed by atoms with Gasteiger partial charge in [-0.1, -0.05) is 18.7 Å². The van der Waals surface area contributed by atoms with Crippen LogP contribution in [-0.2, 0) is 6.54 Å². The topological polar surface area (TPSA) is 104 Å². The minimum absolute atomic E-state index is 0.0929. The maximum atomic E-state index is 11.5. The molecule has 0 fully saturated rings. The van der Waals surface area contributed by atoms with E-state index in [0.717, 1.165) is 16.8 Å². The maximum absolute atomic E-state index is 11.5. The van der Waals surface area contributed by atoms with Gasteiger partial charge in [-0.15, -0.1) is 0 Å². The van der Waals surface area contributed by atoms with Crippen LogP contribution < -0.4 is 5.32 Å². The second kappa shape index (κ2) is 6.45. The Morgan fingerprint density at radius 1 is 1.48 bits per heavy atom. The standard InChI is InChI=1S/C18H15N5O2/c1-3-12-6-11(4-5-15(12)20-2)10-23-16-9-21-13(8-19)7-14(16)17(22-23)18(24)25/h3-7,9,20H,1,10H2,2H3,(H,24,25). The molecule has 0 saturated heterocycles. The van der Waals surface area contributed by atoms with Crippen molar-refractivity contribution in [3.05, 3.63) is 59.6 Å². The fourth-order valence-corrected chi connectivity index (χ4v) is 2.69. The summed E-state index contributed by atoms with van der Waals surface area (Å²) in [5.74, 6) is -1.14. The molecule has 3 rings (SSSR count). The number of pyridine rings is 1. The molecule has 0 atom stereocenters. The maximum Gasteiger partial charge on any atom is 0.357 e. The largest absolute Gasteiger partial charge is 0.476 e. The molecule has 124 valence electrons. The van der Waals surface area contributed by atoms with Crippen molar-refractivity contribution >= 4 is 28.6 Å². The van der Waals surface area contributed by atoms with Crippen LogP contribution in [0.2, 0.25) is 0 Å². The summed E-state index contributed by atoms with van der Waals surface area (Å²) >= 11 is 0. The lowest BCUT2D eigenvalue weighted by molar-refractivity contribution is 0.0691. The summed E-state index contributed by atoms with van der Waals surface area (Å²) in [7, 11) is 1.83. The average Bonchev–Trinajstić information content (AvgIpc) is 2.99. The molecule has 25 heavy (non-hydrogen) atoms. The Morgan fingerprint density at radius 2 is 2.28 bits per heavy atom. The molecule has 7 nitrogen and oxygen atoms in total. The molecule has 7 heteroatoms. The first-order valence-electron chi connectivity index (χ1n) is 7.50. The van der Waals surface area contributed by atoms with Crippen LogP contribution in [0.15, 0.2) is 37.0 Å². The van der Waals surface area contributed by atoms with Crippen molar-refractivity contribution in [2.45, 2.75) is 6.54 Å². The fourth-order valence-electron chi connectivity index (χ4n) is 2.69. The summed E-state index contributed by atoms with van der Waals surface area (Å²) in [5, 5.41) is 26.0. The van der Waals surface area contributed by atoms with E-state index in [1.807, 2.05) is 31.3 Å². The number of anilines is 1. The smallest absolute Gasteiger partial charge is 0.357 e. The zero-order valence-electron chi connectivity index (χ0n) is 13.5. The molecule has 0 aliphatic rings. The molecule has 3 aromatic rings. The van der Waals surface area contributed by atoms with Crippen molar-refractivity contribution in [2.24, 2.45) is 0 Å². The van der Waals surface area contributed by atoms with Gasteiger partial charge in [-0.05, 0) is 29.3 Å². The number of fused-ring (bicyclic) bond motifs is 1. The zero-order valence-corrected chi connectivity index (χ0v) is 13.5. The Morgan fingerprint density at radius 3 is 2.92 bits per heavy atom. The van der Waals surface area contributed by atoms with Crippen LogP contribution >= 0.6 is 0 Å². The summed E-state index contributed by atoms with van der Waals surface area (Å²) in [5.41, 5.74) is 3.47. The number of nitriles is 1. The predicted octanol–water partition coefficient (Wildman–Crippen LogP) is 2.73. The molecule has 1 aromatic carbocycles. The van der Waals surface area contributed by atoms with Gasteiger partial charge < -0.3 is 10.4 Å². The monoisotopic (exact) mass is 333 g/mol. The minimum Gasteiger partial charge on any atom is -0.476 e. The number of nitrogens with zero attached hydrogens (tertiary/aromatic N) is 4. The van der Waals surface area contributed by atoms with Gasteiger partial charge in [0, 0.05) is 18.1 Å². The van der Waals surface area contributed by atoms with Gasteiger partial charge in [0.25, 0.3) is 0 Å². The van der Waals surface area contributed by atoms with E-state index in [4.69, 9.17) is 5.26 Å². The van der Waals surface area contributed by atoms with Gasteiger partial charge in [-0.3, -0.25) is 4.68 Å². The second-order valence-corrected chi connectivity index (χ2v) is 5.39. The first kappa shape index (κ1) is 16.2. The lowest BCUT2D eigenvalue weighted by Crippen LogP contribution is -2.05. The van der Waals surface area contributed by atoms with Gasteiger partial charge in [0.05, 0.1) is 18.3 Å². The highest BCUT2D eigenvalue weighted by molar-refractivity contribution is 6.01. The van der Waals surface area contributed by atoms with E-state index in [0.29, 0.717) is 17.4 Å². The van der Waals surface area contributed by atoms with Crippen LogP contribution in [0.1, 0.15) is 27.3 Å². The molecule has 0 aliphatic heterocycles. The van der Waals surface area contributed by atoms with Crippen LogP contribution in [0, 0.1) is 11.3 Å². The summed E-state index contributed by atoms with van der Waals surface area (Å²) < 4.78 is 1.58. The van der Waals surface area contributed by atoms with E-state index in [1.165, 1.54) is 12.3 Å². The molecule has 0 bridgehead atoms. The highest BCUT2D eigenvalue weighted by Crippen LogP contribution is 2.22. The van der Waals surface area contributed by atoms with Crippen molar-refractivity contribution in [1.82, 2.24) is 14.8 Å². The minimum atomic E-state index is -1.14. The van der Waals surface area contributed by atoms with Crippen LogP contribution in [0.4, 0.5) is 5.69 Å². The number of nitrogens with one attached hydrogen (secondary N) is 1. The number of hydrogen-bond acceptors (Lipinski definition) is 5. The number of aromatic carboxylic acids is 1. The molecule has 2 N–H and O–H groups in total. The molecule has 0 saturated carbocycles. The van der Waals surface area contributed by atoms with E-state index in [-0.39, 0.29) is 11.4 Å². The van der Waals surface area contributed by atoms with Crippen LogP contribution in [0.25, 0.3) is 17.0 Å².